The molecule has 2 heterocycles. The maximum atomic E-state index is 13.3. The number of hydrogen-bond acceptors (Lipinski definition) is 9. The summed E-state index contributed by atoms with van der Waals surface area (Å²) in [6.07, 6.45) is 4.37. The minimum atomic E-state index is -0.531. The summed E-state index contributed by atoms with van der Waals surface area (Å²) in [6, 6.07) is 19.2. The number of carbonyl (C=O) groups excluding carboxylic acids is 1. The average Bonchev–Trinajstić information content (AvgIpc) is 3.35. The first-order chi connectivity index (χ1) is 18.1. The van der Waals surface area contributed by atoms with Crippen LogP contribution in [0.1, 0.15) is 15.9 Å². The molecule has 0 saturated heterocycles. The number of nitrogens with zero attached hydrogens (tertiary/aromatic N) is 7. The van der Waals surface area contributed by atoms with Gasteiger partial charge in [0.2, 0.25) is 0 Å². The van der Waals surface area contributed by atoms with Gasteiger partial charge in [-0.25, -0.2) is 9.97 Å². The monoisotopic (exact) mass is 490 g/mol. The van der Waals surface area contributed by atoms with Crippen molar-refractivity contribution in [3.05, 3.63) is 90.4 Å². The molecular formula is C26H18N8O3. The molecule has 5 aromatic rings. The van der Waals surface area contributed by atoms with E-state index >= 15 is 0 Å². The Labute approximate surface area is 210 Å². The van der Waals surface area contributed by atoms with E-state index in [0.717, 1.165) is 0 Å². The minimum absolute atomic E-state index is 0.0308. The summed E-state index contributed by atoms with van der Waals surface area (Å²) >= 11 is 0. The highest BCUT2D eigenvalue weighted by molar-refractivity contribution is 6.16. The summed E-state index contributed by atoms with van der Waals surface area (Å²) in [5.41, 5.74) is 0.716. The van der Waals surface area contributed by atoms with E-state index in [4.69, 9.17) is 4.74 Å². The SMILES string of the molecule is COc1ccc(NC(=O)c2c(O)c(/N=N/c3c(C#N)cnn3-c3ncccn3)cc3ccccc23)cc1. The lowest BCUT2D eigenvalue weighted by molar-refractivity contribution is 0.102. The number of phenols is 1. The van der Waals surface area contributed by atoms with Gasteiger partial charge in [-0.2, -0.15) is 15.0 Å². The predicted molar refractivity (Wildman–Crippen MR) is 135 cm³/mol. The van der Waals surface area contributed by atoms with Crippen molar-refractivity contribution in [3.63, 3.8) is 0 Å². The van der Waals surface area contributed by atoms with Crippen molar-refractivity contribution in [2.75, 3.05) is 12.4 Å². The van der Waals surface area contributed by atoms with Crippen LogP contribution in [0.15, 0.2) is 89.5 Å². The number of amides is 1. The zero-order chi connectivity index (χ0) is 25.8. The van der Waals surface area contributed by atoms with Gasteiger partial charge >= 0.3 is 0 Å². The van der Waals surface area contributed by atoms with Crippen molar-refractivity contribution in [1.82, 2.24) is 19.7 Å². The first-order valence-electron chi connectivity index (χ1n) is 11.0. The number of phenolic OH excluding ortho intramolecular Hbond substituents is 1. The molecule has 3 aromatic carbocycles. The molecule has 11 heteroatoms. The zero-order valence-corrected chi connectivity index (χ0v) is 19.4. The Morgan fingerprint density at radius 1 is 1.08 bits per heavy atom. The number of carbonyl (C=O) groups is 1. The normalized spacial score (nSPS) is 10.9. The van der Waals surface area contributed by atoms with Crippen LogP contribution in [-0.4, -0.2) is 37.9 Å². The Bertz CT molecular complexity index is 1670. The molecule has 0 aliphatic heterocycles. The molecule has 0 saturated carbocycles. The van der Waals surface area contributed by atoms with E-state index in [9.17, 15) is 15.2 Å². The van der Waals surface area contributed by atoms with Crippen LogP contribution in [0.3, 0.4) is 0 Å². The molecule has 2 aromatic heterocycles. The molecule has 0 atom stereocenters. The van der Waals surface area contributed by atoms with Crippen molar-refractivity contribution >= 4 is 33.9 Å². The van der Waals surface area contributed by atoms with Crippen molar-refractivity contribution < 1.29 is 14.6 Å². The Hall–Kier alpha value is -5.63. The number of azo groups is 1. The first-order valence-corrected chi connectivity index (χ1v) is 11.0. The number of methoxy groups -OCH3 is 1. The molecular weight excluding hydrogens is 472 g/mol. The van der Waals surface area contributed by atoms with Crippen molar-refractivity contribution in [2.24, 2.45) is 10.2 Å². The van der Waals surface area contributed by atoms with E-state index < -0.39 is 5.91 Å². The highest BCUT2D eigenvalue weighted by Crippen LogP contribution is 2.38. The molecule has 5 rings (SSSR count). The smallest absolute Gasteiger partial charge is 0.260 e. The number of benzene rings is 3. The Kier molecular flexibility index (Phi) is 6.21. The number of hydrogen-bond donors (Lipinski definition) is 2. The number of aromatic hydroxyl groups is 1. The largest absolute Gasteiger partial charge is 0.505 e. The first kappa shape index (κ1) is 23.1. The number of nitrogens with one attached hydrogen (secondary N) is 1. The molecule has 0 bridgehead atoms. The Balaban J connectivity index is 1.57. The molecule has 0 fully saturated rings. The van der Waals surface area contributed by atoms with Gasteiger partial charge in [-0.15, -0.1) is 10.2 Å². The predicted octanol–water partition coefficient (Wildman–Crippen LogP) is 5.07. The maximum absolute atomic E-state index is 13.3. The lowest BCUT2D eigenvalue weighted by atomic mass is 10.0. The van der Waals surface area contributed by atoms with Gasteiger partial charge < -0.3 is 15.2 Å². The molecule has 11 nitrogen and oxygen atoms in total. The number of aromatic nitrogens is 4. The van der Waals surface area contributed by atoms with Crippen LogP contribution in [0.2, 0.25) is 0 Å². The summed E-state index contributed by atoms with van der Waals surface area (Å²) in [6.45, 7) is 0. The highest BCUT2D eigenvalue weighted by atomic mass is 16.5. The van der Waals surface area contributed by atoms with Crippen LogP contribution in [0.5, 0.6) is 11.5 Å². The summed E-state index contributed by atoms with van der Waals surface area (Å²) in [5.74, 6) is 0.0154. The third-order valence-corrected chi connectivity index (χ3v) is 5.44. The second-order valence-corrected chi connectivity index (χ2v) is 7.68. The topological polar surface area (TPSA) is 151 Å². The molecule has 37 heavy (non-hydrogen) atoms. The lowest BCUT2D eigenvalue weighted by Gasteiger charge is -2.12. The van der Waals surface area contributed by atoms with E-state index in [1.165, 1.54) is 23.3 Å². The zero-order valence-electron chi connectivity index (χ0n) is 19.4. The van der Waals surface area contributed by atoms with Crippen LogP contribution in [-0.2, 0) is 0 Å². The van der Waals surface area contributed by atoms with Gasteiger partial charge in [0.05, 0.1) is 18.9 Å². The molecule has 0 spiro atoms. The highest BCUT2D eigenvalue weighted by Gasteiger charge is 2.20. The average molecular weight is 490 g/mol. The summed E-state index contributed by atoms with van der Waals surface area (Å²) < 4.78 is 6.41. The minimum Gasteiger partial charge on any atom is -0.505 e. The molecule has 0 unspecified atom stereocenters. The molecule has 1 amide bonds. The maximum Gasteiger partial charge on any atom is 0.260 e. The van der Waals surface area contributed by atoms with Crippen LogP contribution < -0.4 is 10.1 Å². The van der Waals surface area contributed by atoms with Crippen LogP contribution in [0, 0.1) is 11.3 Å². The second kappa shape index (κ2) is 9.93. The second-order valence-electron chi connectivity index (χ2n) is 7.68. The molecule has 180 valence electrons. The van der Waals surface area contributed by atoms with Gasteiger partial charge in [0.25, 0.3) is 11.9 Å². The van der Waals surface area contributed by atoms with Gasteiger partial charge in [-0.3, -0.25) is 4.79 Å². The van der Waals surface area contributed by atoms with Crippen molar-refractivity contribution in [2.45, 2.75) is 0 Å². The fourth-order valence-electron chi connectivity index (χ4n) is 3.66. The van der Waals surface area contributed by atoms with Crippen molar-refractivity contribution in [1.29, 1.82) is 5.26 Å². The van der Waals surface area contributed by atoms with E-state index in [1.807, 2.05) is 6.07 Å². The molecule has 0 radical (unpaired) electrons. The van der Waals surface area contributed by atoms with Gasteiger partial charge in [0.15, 0.2) is 11.6 Å². The molecule has 0 aliphatic rings. The fraction of sp³-hybridized carbons (Fsp3) is 0.0385. The van der Waals surface area contributed by atoms with Crippen LogP contribution in [0.4, 0.5) is 17.2 Å². The fourth-order valence-corrected chi connectivity index (χ4v) is 3.66. The number of rotatable bonds is 6. The summed E-state index contributed by atoms with van der Waals surface area (Å²) in [7, 11) is 1.55. The Morgan fingerprint density at radius 3 is 2.57 bits per heavy atom. The van der Waals surface area contributed by atoms with E-state index in [0.29, 0.717) is 22.2 Å². The van der Waals surface area contributed by atoms with E-state index in [1.54, 1.807) is 67.8 Å². The number of fused-ring (bicyclic) bond motifs is 1. The summed E-state index contributed by atoms with van der Waals surface area (Å²) in [4.78, 5) is 21.5. The summed E-state index contributed by atoms with van der Waals surface area (Å²) in [5, 5.41) is 37.1. The number of anilines is 1. The number of nitriles is 1. The van der Waals surface area contributed by atoms with Gasteiger partial charge in [-0.1, -0.05) is 24.3 Å². The number of ether oxygens (including phenoxy) is 1. The quantitative estimate of drug-likeness (QED) is 0.315. The molecule has 2 N–H and O–H groups in total. The third-order valence-electron chi connectivity index (χ3n) is 5.44. The van der Waals surface area contributed by atoms with E-state index in [2.05, 4.69) is 30.6 Å². The lowest BCUT2D eigenvalue weighted by Crippen LogP contribution is -2.12. The van der Waals surface area contributed by atoms with Crippen LogP contribution in [0.25, 0.3) is 16.7 Å². The standard InChI is InChI=1S/C26H18N8O3/c1-37-19-9-7-18(8-10-19)31-25(36)22-20-6-3-2-5-16(20)13-21(23(22)35)32-33-24-17(14-27)15-30-34(24)26-28-11-4-12-29-26/h2-13,15,35H,1H3,(H,31,36)/b33-32+. The van der Waals surface area contributed by atoms with Crippen LogP contribution >= 0.6 is 0 Å². The van der Waals surface area contributed by atoms with E-state index in [-0.39, 0.29) is 34.3 Å². The van der Waals surface area contributed by atoms with Gasteiger partial charge in [0, 0.05) is 18.1 Å². The molecule has 0 aliphatic carbocycles. The van der Waals surface area contributed by atoms with Gasteiger partial charge in [-0.05, 0) is 47.2 Å². The van der Waals surface area contributed by atoms with Gasteiger partial charge in [0.1, 0.15) is 23.1 Å². The van der Waals surface area contributed by atoms with Crippen molar-refractivity contribution in [3.8, 4) is 23.5 Å². The third kappa shape index (κ3) is 4.54. The Morgan fingerprint density at radius 2 is 1.84 bits per heavy atom.